The van der Waals surface area contributed by atoms with Gasteiger partial charge in [0, 0.05) is 6.07 Å². The number of hydrogen-bond donors (Lipinski definition) is 1. The summed E-state index contributed by atoms with van der Waals surface area (Å²) in [4.78, 5) is 3.19. The molecule has 0 aliphatic heterocycles. The Morgan fingerprint density at radius 1 is 1.43 bits per heavy atom. The van der Waals surface area contributed by atoms with Crippen LogP contribution >= 0.6 is 0 Å². The van der Waals surface area contributed by atoms with Gasteiger partial charge >= 0.3 is 6.36 Å². The van der Waals surface area contributed by atoms with Gasteiger partial charge in [0.2, 0.25) is 5.88 Å². The molecule has 0 saturated carbocycles. The molecule has 0 atom stereocenters. The molecule has 78 valence electrons. The molecule has 0 saturated heterocycles. The summed E-state index contributed by atoms with van der Waals surface area (Å²) in [5.41, 5.74) is -0.274. The second-order valence-corrected chi connectivity index (χ2v) is 2.42. The van der Waals surface area contributed by atoms with Crippen molar-refractivity contribution in [3.63, 3.8) is 0 Å². The first-order valence-corrected chi connectivity index (χ1v) is 3.41. The molecule has 0 fully saturated rings. The van der Waals surface area contributed by atoms with Crippen molar-refractivity contribution in [1.82, 2.24) is 4.98 Å². The lowest BCUT2D eigenvalue weighted by Gasteiger charge is -2.08. The number of ether oxygens (including phenoxy) is 1. The first-order valence-electron chi connectivity index (χ1n) is 3.41. The minimum Gasteiger partial charge on any atom is -0.504 e. The Balaban J connectivity index is 3.02. The van der Waals surface area contributed by atoms with Crippen molar-refractivity contribution in [3.05, 3.63) is 17.6 Å². The Labute approximate surface area is 76.0 Å². The molecule has 1 heterocycles. The Morgan fingerprint density at radius 3 is 2.43 bits per heavy atom. The number of halogens is 4. The first kappa shape index (κ1) is 10.6. The van der Waals surface area contributed by atoms with E-state index < -0.39 is 23.8 Å². The highest BCUT2D eigenvalue weighted by Gasteiger charge is 2.32. The fourth-order valence-electron chi connectivity index (χ4n) is 0.771. The highest BCUT2D eigenvalue weighted by atomic mass is 19.4. The van der Waals surface area contributed by atoms with Crippen molar-refractivity contribution in [2.45, 2.75) is 13.3 Å². The molecule has 0 spiro atoms. The maximum atomic E-state index is 12.7. The second-order valence-electron chi connectivity index (χ2n) is 2.42. The standard InChI is InChI=1S/C7H5F4NO2/c1-3-6(13)4(8)2-5(12-3)14-7(9,10)11/h2,13H,1H3. The van der Waals surface area contributed by atoms with E-state index in [1.54, 1.807) is 0 Å². The SMILES string of the molecule is Cc1nc(OC(F)(F)F)cc(F)c1O. The molecule has 0 amide bonds. The van der Waals surface area contributed by atoms with Gasteiger partial charge in [-0.2, -0.15) is 0 Å². The van der Waals surface area contributed by atoms with Gasteiger partial charge in [-0.25, -0.2) is 9.37 Å². The molecule has 14 heavy (non-hydrogen) atoms. The molecule has 0 aromatic carbocycles. The summed E-state index contributed by atoms with van der Waals surface area (Å²) in [6.45, 7) is 1.15. The van der Waals surface area contributed by atoms with E-state index in [0.29, 0.717) is 6.07 Å². The molecule has 1 aromatic heterocycles. The monoisotopic (exact) mass is 211 g/mol. The summed E-state index contributed by atoms with van der Waals surface area (Å²) in [5, 5.41) is 8.85. The Hall–Kier alpha value is -1.53. The Morgan fingerprint density at radius 2 is 2.00 bits per heavy atom. The molecule has 0 aliphatic rings. The fraction of sp³-hybridized carbons (Fsp3) is 0.286. The van der Waals surface area contributed by atoms with E-state index in [1.807, 2.05) is 0 Å². The van der Waals surface area contributed by atoms with Crippen LogP contribution in [-0.4, -0.2) is 16.5 Å². The molecule has 1 rings (SSSR count). The van der Waals surface area contributed by atoms with Crippen LogP contribution in [0, 0.1) is 12.7 Å². The topological polar surface area (TPSA) is 42.4 Å². The van der Waals surface area contributed by atoms with E-state index in [1.165, 1.54) is 0 Å². The highest BCUT2D eigenvalue weighted by molar-refractivity contribution is 5.31. The summed E-state index contributed by atoms with van der Waals surface area (Å²) >= 11 is 0. The zero-order valence-corrected chi connectivity index (χ0v) is 6.89. The largest absolute Gasteiger partial charge is 0.574 e. The smallest absolute Gasteiger partial charge is 0.504 e. The van der Waals surface area contributed by atoms with E-state index in [2.05, 4.69) is 9.72 Å². The van der Waals surface area contributed by atoms with E-state index in [4.69, 9.17) is 5.11 Å². The molecular weight excluding hydrogens is 206 g/mol. The highest BCUT2D eigenvalue weighted by Crippen LogP contribution is 2.26. The van der Waals surface area contributed by atoms with Gasteiger partial charge in [0.15, 0.2) is 11.6 Å². The number of rotatable bonds is 1. The summed E-state index contributed by atoms with van der Waals surface area (Å²) in [7, 11) is 0. The van der Waals surface area contributed by atoms with Crippen molar-refractivity contribution >= 4 is 0 Å². The van der Waals surface area contributed by atoms with Crippen LogP contribution in [0.2, 0.25) is 0 Å². The van der Waals surface area contributed by atoms with E-state index in [-0.39, 0.29) is 5.69 Å². The van der Waals surface area contributed by atoms with Crippen molar-refractivity contribution in [2.75, 3.05) is 0 Å². The molecule has 0 unspecified atom stereocenters. The lowest BCUT2D eigenvalue weighted by Crippen LogP contribution is -2.18. The number of aromatic hydroxyl groups is 1. The molecule has 3 nitrogen and oxygen atoms in total. The Bertz CT molecular complexity index is 327. The molecule has 0 bridgehead atoms. The van der Waals surface area contributed by atoms with Crippen LogP contribution in [0.5, 0.6) is 11.6 Å². The normalized spacial score (nSPS) is 11.5. The summed E-state index contributed by atoms with van der Waals surface area (Å²) in [6, 6.07) is 0.357. The van der Waals surface area contributed by atoms with Crippen molar-refractivity contribution < 1.29 is 27.4 Å². The van der Waals surface area contributed by atoms with Crippen LogP contribution < -0.4 is 4.74 Å². The van der Waals surface area contributed by atoms with Crippen molar-refractivity contribution in [1.29, 1.82) is 0 Å². The maximum Gasteiger partial charge on any atom is 0.574 e. The van der Waals surface area contributed by atoms with Gasteiger partial charge in [-0.3, -0.25) is 0 Å². The van der Waals surface area contributed by atoms with Gasteiger partial charge in [0.05, 0.1) is 5.69 Å². The third-order valence-corrected chi connectivity index (χ3v) is 1.32. The Kier molecular flexibility index (Phi) is 2.50. The molecule has 1 N–H and O–H groups in total. The van der Waals surface area contributed by atoms with Crippen LogP contribution in [0.1, 0.15) is 5.69 Å². The van der Waals surface area contributed by atoms with E-state index in [0.717, 1.165) is 6.92 Å². The van der Waals surface area contributed by atoms with Gasteiger partial charge in [-0.05, 0) is 6.92 Å². The van der Waals surface area contributed by atoms with Gasteiger partial charge in [0.25, 0.3) is 0 Å². The molecule has 1 aromatic rings. The van der Waals surface area contributed by atoms with Gasteiger partial charge < -0.3 is 9.84 Å². The molecule has 0 aliphatic carbocycles. The van der Waals surface area contributed by atoms with Crippen LogP contribution in [0.3, 0.4) is 0 Å². The zero-order chi connectivity index (χ0) is 10.9. The zero-order valence-electron chi connectivity index (χ0n) is 6.89. The minimum atomic E-state index is -4.93. The molecule has 7 heteroatoms. The predicted octanol–water partition coefficient (Wildman–Crippen LogP) is 2.13. The van der Waals surface area contributed by atoms with E-state index >= 15 is 0 Å². The average Bonchev–Trinajstić information content (AvgIpc) is 1.96. The lowest BCUT2D eigenvalue weighted by molar-refractivity contribution is -0.276. The second kappa shape index (κ2) is 3.32. The minimum absolute atomic E-state index is 0.274. The first-order chi connectivity index (χ1) is 6.29. The van der Waals surface area contributed by atoms with Crippen LogP contribution in [0.25, 0.3) is 0 Å². The molecular formula is C7H5F4NO2. The number of nitrogens with zero attached hydrogens (tertiary/aromatic N) is 1. The summed E-state index contributed by atoms with van der Waals surface area (Å²) < 4.78 is 51.0. The van der Waals surface area contributed by atoms with Crippen molar-refractivity contribution in [2.24, 2.45) is 0 Å². The number of aryl methyl sites for hydroxylation is 1. The van der Waals surface area contributed by atoms with Crippen molar-refractivity contribution in [3.8, 4) is 11.6 Å². The summed E-state index contributed by atoms with van der Waals surface area (Å²) in [5.74, 6) is -2.94. The van der Waals surface area contributed by atoms with Gasteiger partial charge in [-0.1, -0.05) is 0 Å². The van der Waals surface area contributed by atoms with Crippen LogP contribution in [0.4, 0.5) is 17.6 Å². The quantitative estimate of drug-likeness (QED) is 0.723. The summed E-state index contributed by atoms with van der Waals surface area (Å²) in [6.07, 6.45) is -4.93. The van der Waals surface area contributed by atoms with Gasteiger partial charge in [-0.15, -0.1) is 13.2 Å². The van der Waals surface area contributed by atoms with Crippen LogP contribution in [0.15, 0.2) is 6.07 Å². The number of alkyl halides is 3. The predicted molar refractivity (Wildman–Crippen MR) is 37.3 cm³/mol. The number of aromatic nitrogens is 1. The number of pyridine rings is 1. The third kappa shape index (κ3) is 2.48. The average molecular weight is 211 g/mol. The van der Waals surface area contributed by atoms with E-state index in [9.17, 15) is 17.6 Å². The number of hydrogen-bond acceptors (Lipinski definition) is 3. The molecule has 0 radical (unpaired) electrons. The van der Waals surface area contributed by atoms with Crippen LogP contribution in [-0.2, 0) is 0 Å². The fourth-order valence-corrected chi connectivity index (χ4v) is 0.771. The maximum absolute atomic E-state index is 12.7. The van der Waals surface area contributed by atoms with Gasteiger partial charge in [0.1, 0.15) is 0 Å². The lowest BCUT2D eigenvalue weighted by atomic mass is 10.3. The third-order valence-electron chi connectivity index (χ3n) is 1.32.